The van der Waals surface area contributed by atoms with Crippen molar-refractivity contribution < 1.29 is 14.6 Å². The van der Waals surface area contributed by atoms with Crippen LogP contribution < -0.4 is 0 Å². The Balaban J connectivity index is 3.05. The SMILES string of the molecule is C/C=C/c1ccc(C(O)O)c(F)c1. The molecule has 0 radical (unpaired) electrons. The van der Waals surface area contributed by atoms with Gasteiger partial charge in [-0.25, -0.2) is 4.39 Å². The van der Waals surface area contributed by atoms with Crippen LogP contribution in [0.4, 0.5) is 4.39 Å². The van der Waals surface area contributed by atoms with Crippen molar-refractivity contribution in [3.05, 3.63) is 41.2 Å². The first kappa shape index (κ1) is 9.89. The van der Waals surface area contributed by atoms with Crippen LogP contribution >= 0.6 is 0 Å². The third kappa shape index (κ3) is 2.37. The van der Waals surface area contributed by atoms with Gasteiger partial charge >= 0.3 is 0 Å². The smallest absolute Gasteiger partial charge is 0.181 e. The van der Waals surface area contributed by atoms with Gasteiger partial charge in [-0.1, -0.05) is 24.3 Å². The molecular weight excluding hydrogens is 171 g/mol. The summed E-state index contributed by atoms with van der Waals surface area (Å²) in [5.74, 6) is -0.606. The molecule has 0 amide bonds. The van der Waals surface area contributed by atoms with Crippen molar-refractivity contribution in [3.8, 4) is 0 Å². The second-order valence-corrected chi connectivity index (χ2v) is 2.65. The zero-order valence-corrected chi connectivity index (χ0v) is 7.24. The van der Waals surface area contributed by atoms with Gasteiger partial charge in [-0.15, -0.1) is 0 Å². The number of hydrogen-bond acceptors (Lipinski definition) is 2. The highest BCUT2D eigenvalue weighted by Crippen LogP contribution is 2.16. The summed E-state index contributed by atoms with van der Waals surface area (Å²) in [7, 11) is 0. The number of hydrogen-bond donors (Lipinski definition) is 2. The largest absolute Gasteiger partial charge is 0.364 e. The maximum atomic E-state index is 13.1. The number of rotatable bonds is 2. The molecule has 0 bridgehead atoms. The van der Waals surface area contributed by atoms with Gasteiger partial charge in [0.15, 0.2) is 6.29 Å². The van der Waals surface area contributed by atoms with Crippen molar-refractivity contribution in [3.63, 3.8) is 0 Å². The summed E-state index contributed by atoms with van der Waals surface area (Å²) in [6, 6.07) is 4.24. The number of aliphatic hydroxyl groups is 2. The van der Waals surface area contributed by atoms with Gasteiger partial charge in [-0.05, 0) is 18.6 Å². The minimum atomic E-state index is -1.75. The molecule has 0 spiro atoms. The van der Waals surface area contributed by atoms with Gasteiger partial charge in [0, 0.05) is 5.56 Å². The van der Waals surface area contributed by atoms with Crippen molar-refractivity contribution in [2.45, 2.75) is 13.2 Å². The summed E-state index contributed by atoms with van der Waals surface area (Å²) in [6.45, 7) is 1.83. The fourth-order valence-corrected chi connectivity index (χ4v) is 1.05. The first-order chi connectivity index (χ1) is 6.15. The van der Waals surface area contributed by atoms with Crippen molar-refractivity contribution >= 4 is 6.08 Å². The summed E-state index contributed by atoms with van der Waals surface area (Å²) in [5, 5.41) is 17.4. The van der Waals surface area contributed by atoms with Crippen LogP contribution in [0.5, 0.6) is 0 Å². The fraction of sp³-hybridized carbons (Fsp3) is 0.200. The van der Waals surface area contributed by atoms with Crippen LogP contribution in [0.1, 0.15) is 24.3 Å². The van der Waals surface area contributed by atoms with Crippen LogP contribution in [0.2, 0.25) is 0 Å². The number of aliphatic hydroxyl groups excluding tert-OH is 1. The van der Waals surface area contributed by atoms with Crippen LogP contribution in [-0.2, 0) is 0 Å². The van der Waals surface area contributed by atoms with E-state index in [0.29, 0.717) is 5.56 Å². The van der Waals surface area contributed by atoms with E-state index in [1.807, 2.05) is 6.92 Å². The third-order valence-electron chi connectivity index (χ3n) is 1.66. The molecule has 0 aliphatic heterocycles. The van der Waals surface area contributed by atoms with Crippen molar-refractivity contribution in [2.75, 3.05) is 0 Å². The standard InChI is InChI=1S/C10H11FO2/c1-2-3-7-4-5-8(10(12)13)9(11)6-7/h2-6,10,12-13H,1H3/b3-2+. The predicted molar refractivity (Wildman–Crippen MR) is 48.3 cm³/mol. The van der Waals surface area contributed by atoms with E-state index in [0.717, 1.165) is 0 Å². The van der Waals surface area contributed by atoms with E-state index in [9.17, 15) is 4.39 Å². The normalized spacial score (nSPS) is 11.5. The lowest BCUT2D eigenvalue weighted by Gasteiger charge is -2.05. The molecule has 0 fully saturated rings. The zero-order valence-electron chi connectivity index (χ0n) is 7.24. The highest BCUT2D eigenvalue weighted by Gasteiger charge is 2.08. The Morgan fingerprint density at radius 3 is 2.54 bits per heavy atom. The molecule has 0 atom stereocenters. The highest BCUT2D eigenvalue weighted by molar-refractivity contribution is 5.49. The van der Waals surface area contributed by atoms with Crippen LogP contribution in [0, 0.1) is 5.82 Å². The Morgan fingerprint density at radius 2 is 2.08 bits per heavy atom. The number of benzene rings is 1. The van der Waals surface area contributed by atoms with Crippen molar-refractivity contribution in [1.82, 2.24) is 0 Å². The van der Waals surface area contributed by atoms with Crippen molar-refractivity contribution in [2.24, 2.45) is 0 Å². The molecule has 0 unspecified atom stereocenters. The first-order valence-electron chi connectivity index (χ1n) is 3.93. The summed E-state index contributed by atoms with van der Waals surface area (Å²) in [4.78, 5) is 0. The van der Waals surface area contributed by atoms with E-state index in [1.165, 1.54) is 12.1 Å². The van der Waals surface area contributed by atoms with E-state index in [1.54, 1.807) is 18.2 Å². The molecule has 1 rings (SSSR count). The lowest BCUT2D eigenvalue weighted by Crippen LogP contribution is -1.98. The molecule has 1 aromatic rings. The quantitative estimate of drug-likeness (QED) is 0.685. The average molecular weight is 182 g/mol. The van der Waals surface area contributed by atoms with E-state index in [-0.39, 0.29) is 5.56 Å². The molecule has 0 aliphatic carbocycles. The molecule has 0 aliphatic rings. The van der Waals surface area contributed by atoms with Crippen molar-refractivity contribution in [1.29, 1.82) is 0 Å². The fourth-order valence-electron chi connectivity index (χ4n) is 1.05. The number of allylic oxidation sites excluding steroid dienone is 1. The van der Waals surface area contributed by atoms with Gasteiger partial charge in [0.2, 0.25) is 0 Å². The van der Waals surface area contributed by atoms with Crippen LogP contribution in [0.25, 0.3) is 6.08 Å². The van der Waals surface area contributed by atoms with Gasteiger partial charge < -0.3 is 10.2 Å². The lowest BCUT2D eigenvalue weighted by molar-refractivity contribution is -0.0449. The molecule has 0 saturated carbocycles. The van der Waals surface area contributed by atoms with Gasteiger partial charge in [0.25, 0.3) is 0 Å². The molecule has 0 saturated heterocycles. The Bertz CT molecular complexity index is 319. The Hall–Kier alpha value is -1.19. The molecule has 2 N–H and O–H groups in total. The molecule has 1 aromatic carbocycles. The second kappa shape index (κ2) is 4.16. The topological polar surface area (TPSA) is 40.5 Å². The Morgan fingerprint density at radius 1 is 1.38 bits per heavy atom. The van der Waals surface area contributed by atoms with Gasteiger partial charge in [0.1, 0.15) is 5.82 Å². The van der Waals surface area contributed by atoms with Gasteiger partial charge in [0.05, 0.1) is 0 Å². The monoisotopic (exact) mass is 182 g/mol. The summed E-state index contributed by atoms with van der Waals surface area (Å²) >= 11 is 0. The van der Waals surface area contributed by atoms with Gasteiger partial charge in [-0.2, -0.15) is 0 Å². The second-order valence-electron chi connectivity index (χ2n) is 2.65. The minimum absolute atomic E-state index is 0.103. The number of halogens is 1. The maximum Gasteiger partial charge on any atom is 0.181 e. The molecule has 70 valence electrons. The van der Waals surface area contributed by atoms with Crippen LogP contribution in [-0.4, -0.2) is 10.2 Å². The maximum absolute atomic E-state index is 13.1. The summed E-state index contributed by atoms with van der Waals surface area (Å²) in [5.41, 5.74) is 0.595. The predicted octanol–water partition coefficient (Wildman–Crippen LogP) is 1.84. The zero-order chi connectivity index (χ0) is 9.84. The Labute approximate surface area is 76.0 Å². The highest BCUT2D eigenvalue weighted by atomic mass is 19.1. The minimum Gasteiger partial charge on any atom is -0.364 e. The average Bonchev–Trinajstić information content (AvgIpc) is 2.04. The third-order valence-corrected chi connectivity index (χ3v) is 1.66. The summed E-state index contributed by atoms with van der Waals surface area (Å²) in [6.07, 6.45) is 1.76. The molecule has 0 heterocycles. The summed E-state index contributed by atoms with van der Waals surface area (Å²) < 4.78 is 13.1. The molecule has 13 heavy (non-hydrogen) atoms. The van der Waals surface area contributed by atoms with Crippen LogP contribution in [0.15, 0.2) is 24.3 Å². The molecular formula is C10H11FO2. The van der Waals surface area contributed by atoms with E-state index in [4.69, 9.17) is 10.2 Å². The first-order valence-corrected chi connectivity index (χ1v) is 3.93. The molecule has 0 aromatic heterocycles. The van der Waals surface area contributed by atoms with E-state index < -0.39 is 12.1 Å². The lowest BCUT2D eigenvalue weighted by atomic mass is 10.1. The Kier molecular flexibility index (Phi) is 3.17. The van der Waals surface area contributed by atoms with E-state index in [2.05, 4.69) is 0 Å². The van der Waals surface area contributed by atoms with E-state index >= 15 is 0 Å². The molecule has 3 heteroatoms. The van der Waals surface area contributed by atoms with Gasteiger partial charge in [-0.3, -0.25) is 0 Å². The van der Waals surface area contributed by atoms with Crippen LogP contribution in [0.3, 0.4) is 0 Å². The molecule has 2 nitrogen and oxygen atoms in total.